The van der Waals surface area contributed by atoms with Crippen LogP contribution in [0.5, 0.6) is 11.5 Å². The summed E-state index contributed by atoms with van der Waals surface area (Å²) < 4.78 is 39.3. The van der Waals surface area contributed by atoms with Crippen molar-refractivity contribution in [1.29, 1.82) is 0 Å². The van der Waals surface area contributed by atoms with Gasteiger partial charge in [0.15, 0.2) is 0 Å². The minimum atomic E-state index is -0.616. The molecule has 0 radical (unpaired) electrons. The van der Waals surface area contributed by atoms with Crippen LogP contribution in [0.2, 0.25) is 0 Å². The van der Waals surface area contributed by atoms with Crippen LogP contribution in [-0.2, 0) is 16.2 Å². The Hall–Kier alpha value is -6.14. The standard InChI is InChI=1S/C53H45BF2N2O/c1-51(2)25-26-52(3,4)40-31-48-42(30-39(40)51)54-41-29-38-36(28-46(41)58(50-43(55)19-13-20-44(50)56)45-21-14-22-47(59-48)49(45)54)35-24-23-34(27-37(35)53(38,5)6)57(32-15-9-7-10-16-32)33-17-11-8-12-18-33/h7-24,27-31H,25-26H2,1-6H3. The van der Waals surface area contributed by atoms with Gasteiger partial charge >= 0.3 is 0 Å². The van der Waals surface area contributed by atoms with E-state index in [4.69, 9.17) is 4.74 Å². The second-order valence-corrected chi connectivity index (χ2v) is 18.7. The Morgan fingerprint density at radius 1 is 0.525 bits per heavy atom. The van der Waals surface area contributed by atoms with Crippen LogP contribution in [0.15, 0.2) is 140 Å². The molecule has 7 aromatic rings. The number of ether oxygens (including phenoxy) is 1. The third kappa shape index (κ3) is 5.17. The van der Waals surface area contributed by atoms with E-state index < -0.39 is 17.0 Å². The van der Waals surface area contributed by atoms with Crippen LogP contribution in [0.4, 0.5) is 42.9 Å². The zero-order valence-corrected chi connectivity index (χ0v) is 34.3. The molecule has 0 aromatic heterocycles. The van der Waals surface area contributed by atoms with Crippen LogP contribution in [0, 0.1) is 11.6 Å². The maximum atomic E-state index is 16.2. The minimum absolute atomic E-state index is 0.00107. The van der Waals surface area contributed by atoms with Crippen LogP contribution in [0.1, 0.15) is 76.6 Å². The lowest BCUT2D eigenvalue weighted by Gasteiger charge is -2.44. The van der Waals surface area contributed by atoms with E-state index >= 15 is 8.78 Å². The molecule has 11 rings (SSSR count). The molecule has 0 fully saturated rings. The van der Waals surface area contributed by atoms with Gasteiger partial charge in [-0.05, 0) is 146 Å². The monoisotopic (exact) mass is 774 g/mol. The average molecular weight is 775 g/mol. The molecule has 3 nitrogen and oxygen atoms in total. The zero-order chi connectivity index (χ0) is 40.6. The van der Waals surface area contributed by atoms with E-state index in [1.54, 1.807) is 4.90 Å². The molecule has 2 heterocycles. The number of hydrogen-bond acceptors (Lipinski definition) is 3. The van der Waals surface area contributed by atoms with E-state index in [9.17, 15) is 0 Å². The van der Waals surface area contributed by atoms with E-state index in [1.165, 1.54) is 40.5 Å². The molecule has 0 atom stereocenters. The molecule has 59 heavy (non-hydrogen) atoms. The summed E-state index contributed by atoms with van der Waals surface area (Å²) in [5, 5.41) is 0. The number of hydrogen-bond donors (Lipinski definition) is 0. The zero-order valence-electron chi connectivity index (χ0n) is 34.3. The molecule has 0 unspecified atom stereocenters. The number of para-hydroxylation sites is 3. The van der Waals surface area contributed by atoms with Gasteiger partial charge in [-0.25, -0.2) is 8.78 Å². The van der Waals surface area contributed by atoms with Gasteiger partial charge < -0.3 is 14.5 Å². The lowest BCUT2D eigenvalue weighted by molar-refractivity contribution is 0.330. The molecule has 7 aromatic carbocycles. The summed E-state index contributed by atoms with van der Waals surface area (Å²) in [6.45, 7) is 13.8. The molecule has 0 saturated carbocycles. The van der Waals surface area contributed by atoms with Gasteiger partial charge in [-0.1, -0.05) is 108 Å². The van der Waals surface area contributed by atoms with Crippen molar-refractivity contribution in [1.82, 2.24) is 0 Å². The van der Waals surface area contributed by atoms with Gasteiger partial charge in [-0.15, -0.1) is 0 Å². The van der Waals surface area contributed by atoms with Gasteiger partial charge in [0.1, 0.15) is 28.8 Å². The first-order valence-corrected chi connectivity index (χ1v) is 20.8. The molecule has 0 N–H and O–H groups in total. The van der Waals surface area contributed by atoms with Gasteiger partial charge in [0.05, 0.1) is 0 Å². The third-order valence-corrected chi connectivity index (χ3v) is 13.9. The molecule has 0 bridgehead atoms. The van der Waals surface area contributed by atoms with Gasteiger partial charge in [-0.3, -0.25) is 0 Å². The van der Waals surface area contributed by atoms with E-state index in [0.29, 0.717) is 0 Å². The molecule has 0 spiro atoms. The third-order valence-electron chi connectivity index (χ3n) is 13.9. The van der Waals surface area contributed by atoms with Gasteiger partial charge in [0.25, 0.3) is 6.71 Å². The van der Waals surface area contributed by atoms with E-state index in [0.717, 1.165) is 80.3 Å². The van der Waals surface area contributed by atoms with Crippen molar-refractivity contribution in [2.75, 3.05) is 9.80 Å². The molecule has 2 aliphatic heterocycles. The normalized spacial score (nSPS) is 16.8. The maximum Gasteiger partial charge on any atom is 0.256 e. The SMILES string of the molecule is CC1(C)CCC(C)(C)c2cc3c(cc21)Oc1cccc2c1B3c1cc3c(cc1N2c1c(F)cccc1F)-c1ccc(N(c2ccccc2)c2ccccc2)cc1C3(C)C. The van der Waals surface area contributed by atoms with Gasteiger partial charge in [0.2, 0.25) is 0 Å². The number of anilines is 6. The number of fused-ring (bicyclic) bond motifs is 8. The largest absolute Gasteiger partial charge is 0.458 e. The Balaban J connectivity index is 1.16. The minimum Gasteiger partial charge on any atom is -0.458 e. The summed E-state index contributed by atoms with van der Waals surface area (Å²) in [6.07, 6.45) is 2.18. The van der Waals surface area contributed by atoms with Crippen molar-refractivity contribution in [3.05, 3.63) is 173 Å². The topological polar surface area (TPSA) is 15.7 Å². The second-order valence-electron chi connectivity index (χ2n) is 18.7. The average Bonchev–Trinajstić information content (AvgIpc) is 3.44. The Morgan fingerprint density at radius 2 is 1.12 bits per heavy atom. The first kappa shape index (κ1) is 36.0. The summed E-state index contributed by atoms with van der Waals surface area (Å²) in [7, 11) is 0. The maximum absolute atomic E-state index is 16.2. The fourth-order valence-corrected chi connectivity index (χ4v) is 10.6. The molecule has 4 aliphatic rings. The van der Waals surface area contributed by atoms with Crippen molar-refractivity contribution >= 4 is 57.2 Å². The second kappa shape index (κ2) is 12.4. The fraction of sp³-hybridized carbons (Fsp3) is 0.208. The highest BCUT2D eigenvalue weighted by atomic mass is 19.1. The number of halogens is 2. The molecule has 6 heteroatoms. The van der Waals surface area contributed by atoms with Gasteiger partial charge in [0, 0.05) is 33.9 Å². The van der Waals surface area contributed by atoms with Crippen molar-refractivity contribution in [2.45, 2.75) is 70.6 Å². The highest BCUT2D eigenvalue weighted by Gasteiger charge is 2.47. The summed E-state index contributed by atoms with van der Waals surface area (Å²) >= 11 is 0. The smallest absolute Gasteiger partial charge is 0.256 e. The van der Waals surface area contributed by atoms with Crippen molar-refractivity contribution in [2.24, 2.45) is 0 Å². The first-order valence-electron chi connectivity index (χ1n) is 20.8. The van der Waals surface area contributed by atoms with E-state index in [-0.39, 0.29) is 23.2 Å². The van der Waals surface area contributed by atoms with Gasteiger partial charge in [-0.2, -0.15) is 0 Å². The Bertz CT molecular complexity index is 2830. The number of rotatable bonds is 4. The molecule has 290 valence electrons. The van der Waals surface area contributed by atoms with Crippen LogP contribution in [0.25, 0.3) is 11.1 Å². The lowest BCUT2D eigenvalue weighted by Crippen LogP contribution is -2.60. The number of nitrogens with zero attached hydrogens (tertiary/aromatic N) is 2. The Kier molecular flexibility index (Phi) is 7.59. The van der Waals surface area contributed by atoms with Crippen molar-refractivity contribution in [3.63, 3.8) is 0 Å². The van der Waals surface area contributed by atoms with E-state index in [1.807, 2.05) is 30.3 Å². The molecule has 2 aliphatic carbocycles. The molecule has 0 amide bonds. The Labute approximate surface area is 346 Å². The molecular weight excluding hydrogens is 729 g/mol. The summed E-state index contributed by atoms with van der Waals surface area (Å²) in [4.78, 5) is 4.11. The van der Waals surface area contributed by atoms with Crippen LogP contribution in [-0.4, -0.2) is 6.71 Å². The van der Waals surface area contributed by atoms with Crippen molar-refractivity contribution in [3.8, 4) is 22.6 Å². The Morgan fingerprint density at radius 3 is 1.78 bits per heavy atom. The number of benzene rings is 7. The lowest BCUT2D eigenvalue weighted by atomic mass is 9.33. The highest BCUT2D eigenvalue weighted by Crippen LogP contribution is 2.54. The quantitative estimate of drug-likeness (QED) is 0.166. The van der Waals surface area contributed by atoms with E-state index in [2.05, 4.69) is 137 Å². The highest BCUT2D eigenvalue weighted by molar-refractivity contribution is 6.99. The molecular formula is C53H45BF2N2O. The summed E-state index contributed by atoms with van der Waals surface area (Å²) in [5.41, 5.74) is 14.5. The predicted molar refractivity (Wildman–Crippen MR) is 240 cm³/mol. The summed E-state index contributed by atoms with van der Waals surface area (Å²) in [6, 6.07) is 47.0. The van der Waals surface area contributed by atoms with Crippen molar-refractivity contribution < 1.29 is 13.5 Å². The first-order chi connectivity index (χ1) is 28.3. The fourth-order valence-electron chi connectivity index (χ4n) is 10.6. The van der Waals surface area contributed by atoms with Crippen LogP contribution < -0.4 is 30.9 Å². The summed E-state index contributed by atoms with van der Waals surface area (Å²) in [5.74, 6) is 0.343. The van der Waals surface area contributed by atoms with Crippen LogP contribution in [0.3, 0.4) is 0 Å². The predicted octanol–water partition coefficient (Wildman–Crippen LogP) is 12.5. The van der Waals surface area contributed by atoms with Crippen LogP contribution >= 0.6 is 0 Å². The molecule has 0 saturated heterocycles.